The fourth-order valence-corrected chi connectivity index (χ4v) is 3.72. The molecule has 0 aliphatic rings. The van der Waals surface area contributed by atoms with E-state index in [2.05, 4.69) is 10.5 Å². The number of benzene rings is 3. The molecule has 7 nitrogen and oxygen atoms in total. The Labute approximate surface area is 202 Å². The third kappa shape index (κ3) is 5.55. The van der Waals surface area contributed by atoms with Crippen LogP contribution >= 0.6 is 0 Å². The molecule has 1 atom stereocenters. The second-order valence-electron chi connectivity index (χ2n) is 8.14. The van der Waals surface area contributed by atoms with E-state index < -0.39 is 18.0 Å². The van der Waals surface area contributed by atoms with Gasteiger partial charge in [-0.15, -0.1) is 0 Å². The fourth-order valence-electron chi connectivity index (χ4n) is 3.72. The Bertz CT molecular complexity index is 1350. The van der Waals surface area contributed by atoms with Gasteiger partial charge in [-0.05, 0) is 36.6 Å². The largest absolute Gasteiger partial charge is 0.441 e. The fraction of sp³-hybridized carbons (Fsp3) is 0.148. The summed E-state index contributed by atoms with van der Waals surface area (Å²) in [6.45, 7) is 3.31. The second-order valence-corrected chi connectivity index (χ2v) is 8.14. The Balaban J connectivity index is 1.48. The molecule has 1 aromatic heterocycles. The SMILES string of the molecule is Cc1noc(-c2ccc(-c3ccc(CC(=N)N)cc3)cc2)c1NC(=O)OC(C)c1ccccc1F. The van der Waals surface area contributed by atoms with Crippen LogP contribution in [-0.2, 0) is 11.2 Å². The van der Waals surface area contributed by atoms with Gasteiger partial charge in [0.25, 0.3) is 0 Å². The molecule has 0 saturated carbocycles. The number of rotatable bonds is 7. The molecule has 0 aliphatic carbocycles. The van der Waals surface area contributed by atoms with Gasteiger partial charge in [0.1, 0.15) is 23.3 Å². The van der Waals surface area contributed by atoms with Crippen LogP contribution in [0.4, 0.5) is 14.9 Å². The average Bonchev–Trinajstić information content (AvgIpc) is 3.19. The molecule has 4 rings (SSSR count). The molecule has 0 radical (unpaired) electrons. The Kier molecular flexibility index (Phi) is 6.91. The van der Waals surface area contributed by atoms with Crippen molar-refractivity contribution in [3.8, 4) is 22.5 Å². The highest BCUT2D eigenvalue weighted by molar-refractivity contribution is 5.91. The first-order valence-corrected chi connectivity index (χ1v) is 11.0. The Morgan fingerprint density at radius 1 is 1.06 bits per heavy atom. The summed E-state index contributed by atoms with van der Waals surface area (Å²) in [5.41, 5.74) is 10.3. The minimum Gasteiger partial charge on any atom is -0.441 e. The van der Waals surface area contributed by atoms with Gasteiger partial charge in [-0.25, -0.2) is 9.18 Å². The number of ether oxygens (including phenoxy) is 1. The van der Waals surface area contributed by atoms with Crippen molar-refractivity contribution in [3.63, 3.8) is 0 Å². The number of halogens is 1. The first kappa shape index (κ1) is 23.7. The summed E-state index contributed by atoms with van der Waals surface area (Å²) >= 11 is 0. The smallest absolute Gasteiger partial charge is 0.412 e. The van der Waals surface area contributed by atoms with Crippen LogP contribution in [0.3, 0.4) is 0 Å². The molecule has 1 unspecified atom stereocenters. The zero-order valence-electron chi connectivity index (χ0n) is 19.3. The third-order valence-electron chi connectivity index (χ3n) is 5.55. The van der Waals surface area contributed by atoms with Crippen LogP contribution in [0.5, 0.6) is 0 Å². The minimum absolute atomic E-state index is 0.124. The van der Waals surface area contributed by atoms with E-state index in [0.717, 1.165) is 22.3 Å². The lowest BCUT2D eigenvalue weighted by atomic mass is 10.0. The van der Waals surface area contributed by atoms with Crippen molar-refractivity contribution < 1.29 is 18.4 Å². The predicted molar refractivity (Wildman–Crippen MR) is 133 cm³/mol. The number of nitrogens with two attached hydrogens (primary N) is 1. The highest BCUT2D eigenvalue weighted by atomic mass is 19.1. The van der Waals surface area contributed by atoms with Gasteiger partial charge in [0.2, 0.25) is 0 Å². The van der Waals surface area contributed by atoms with Crippen LogP contribution in [0.1, 0.15) is 29.8 Å². The number of carbonyl (C=O) groups excluding carboxylic acids is 1. The highest BCUT2D eigenvalue weighted by Crippen LogP contribution is 2.33. The predicted octanol–water partition coefficient (Wildman–Crippen LogP) is 6.24. The lowest BCUT2D eigenvalue weighted by Gasteiger charge is -2.15. The molecule has 0 aliphatic heterocycles. The molecule has 178 valence electrons. The van der Waals surface area contributed by atoms with Gasteiger partial charge in [0, 0.05) is 17.5 Å². The summed E-state index contributed by atoms with van der Waals surface area (Å²) in [5.74, 6) is 0.0732. The number of amidine groups is 1. The molecule has 1 amide bonds. The average molecular weight is 473 g/mol. The van der Waals surface area contributed by atoms with E-state index >= 15 is 0 Å². The van der Waals surface area contributed by atoms with Crippen molar-refractivity contribution >= 4 is 17.6 Å². The van der Waals surface area contributed by atoms with Gasteiger partial charge in [0.15, 0.2) is 5.76 Å². The van der Waals surface area contributed by atoms with E-state index in [-0.39, 0.29) is 11.4 Å². The Morgan fingerprint density at radius 3 is 2.29 bits per heavy atom. The molecule has 0 saturated heterocycles. The van der Waals surface area contributed by atoms with Crippen molar-refractivity contribution in [1.29, 1.82) is 5.41 Å². The van der Waals surface area contributed by atoms with Gasteiger partial charge >= 0.3 is 6.09 Å². The van der Waals surface area contributed by atoms with Crippen molar-refractivity contribution in [2.75, 3.05) is 5.32 Å². The molecule has 8 heteroatoms. The van der Waals surface area contributed by atoms with E-state index in [1.807, 2.05) is 48.5 Å². The van der Waals surface area contributed by atoms with Crippen LogP contribution in [0, 0.1) is 18.2 Å². The third-order valence-corrected chi connectivity index (χ3v) is 5.55. The maximum Gasteiger partial charge on any atom is 0.412 e. The van der Waals surface area contributed by atoms with E-state index in [1.165, 1.54) is 6.07 Å². The number of hydrogen-bond donors (Lipinski definition) is 3. The molecule has 0 fully saturated rings. The van der Waals surface area contributed by atoms with Gasteiger partial charge in [0.05, 0.1) is 5.84 Å². The summed E-state index contributed by atoms with van der Waals surface area (Å²) < 4.78 is 24.8. The number of carbonyl (C=O) groups is 1. The zero-order chi connectivity index (χ0) is 24.9. The number of aromatic nitrogens is 1. The van der Waals surface area contributed by atoms with Crippen LogP contribution in [0.2, 0.25) is 0 Å². The van der Waals surface area contributed by atoms with Crippen molar-refractivity contribution in [2.45, 2.75) is 26.4 Å². The maximum absolute atomic E-state index is 14.0. The zero-order valence-corrected chi connectivity index (χ0v) is 19.3. The summed E-state index contributed by atoms with van der Waals surface area (Å²) in [6, 6.07) is 21.6. The van der Waals surface area contributed by atoms with Crippen LogP contribution in [0.15, 0.2) is 77.3 Å². The number of nitrogens with zero attached hydrogens (tertiary/aromatic N) is 1. The molecular formula is C27H25FN4O3. The quantitative estimate of drug-likeness (QED) is 0.217. The maximum atomic E-state index is 14.0. The monoisotopic (exact) mass is 472 g/mol. The van der Waals surface area contributed by atoms with Crippen molar-refractivity contribution in [3.05, 3.63) is 95.4 Å². The molecule has 0 spiro atoms. The topological polar surface area (TPSA) is 114 Å². The molecule has 1 heterocycles. The summed E-state index contributed by atoms with van der Waals surface area (Å²) in [6.07, 6.45) is -1.10. The number of aryl methyl sites for hydroxylation is 1. The number of amides is 1. The van der Waals surface area contributed by atoms with Crippen molar-refractivity contribution in [1.82, 2.24) is 5.16 Å². The summed E-state index contributed by atoms with van der Waals surface area (Å²) in [4.78, 5) is 12.5. The van der Waals surface area contributed by atoms with E-state index in [4.69, 9.17) is 20.4 Å². The molecule has 35 heavy (non-hydrogen) atoms. The standard InChI is InChI=1S/C27H25FN4O3/c1-16-25(31-27(33)34-17(2)22-5-3-4-6-23(22)28)26(35-32-16)21-13-11-20(12-14-21)19-9-7-18(8-10-19)15-24(29)30/h3-14,17H,15H2,1-2H3,(H3,29,30)(H,31,33). The first-order valence-electron chi connectivity index (χ1n) is 11.0. The molecule has 3 aromatic carbocycles. The molecule has 4 N–H and O–H groups in total. The second kappa shape index (κ2) is 10.2. The lowest BCUT2D eigenvalue weighted by molar-refractivity contribution is 0.119. The van der Waals surface area contributed by atoms with E-state index in [0.29, 0.717) is 23.6 Å². The number of hydrogen-bond acceptors (Lipinski definition) is 5. The number of anilines is 1. The van der Waals surface area contributed by atoms with Crippen LogP contribution in [0.25, 0.3) is 22.5 Å². The highest BCUT2D eigenvalue weighted by Gasteiger charge is 2.21. The van der Waals surface area contributed by atoms with Gasteiger partial charge < -0.3 is 15.0 Å². The lowest BCUT2D eigenvalue weighted by Crippen LogP contribution is -2.17. The van der Waals surface area contributed by atoms with Crippen molar-refractivity contribution in [2.24, 2.45) is 5.73 Å². The number of nitrogens with one attached hydrogen (secondary N) is 2. The van der Waals surface area contributed by atoms with Gasteiger partial charge in [-0.3, -0.25) is 10.7 Å². The normalized spacial score (nSPS) is 11.6. The summed E-state index contributed by atoms with van der Waals surface area (Å²) in [7, 11) is 0. The van der Waals surface area contributed by atoms with Crippen LogP contribution in [-0.4, -0.2) is 17.1 Å². The molecular weight excluding hydrogens is 447 g/mol. The molecule has 4 aromatic rings. The minimum atomic E-state index is -0.777. The van der Waals surface area contributed by atoms with Crippen LogP contribution < -0.4 is 11.1 Å². The van der Waals surface area contributed by atoms with E-state index in [1.54, 1.807) is 32.0 Å². The van der Waals surface area contributed by atoms with Gasteiger partial charge in [-0.2, -0.15) is 0 Å². The summed E-state index contributed by atoms with van der Waals surface area (Å²) in [5, 5.41) is 14.1. The first-order chi connectivity index (χ1) is 16.8. The Hall–Kier alpha value is -4.46. The van der Waals surface area contributed by atoms with E-state index in [9.17, 15) is 9.18 Å². The Morgan fingerprint density at radius 2 is 1.66 bits per heavy atom. The van der Waals surface area contributed by atoms with Gasteiger partial charge in [-0.1, -0.05) is 71.9 Å². The molecule has 0 bridgehead atoms.